The summed E-state index contributed by atoms with van der Waals surface area (Å²) in [5.41, 5.74) is 1.11. The summed E-state index contributed by atoms with van der Waals surface area (Å²) in [6.45, 7) is 5.05. The molecule has 33 heavy (non-hydrogen) atoms. The standard InChI is InChI=1S/C24H32N4O4S/c1-3-32-23(30)18-9-12-27(13-10-18)22(29)19-7-5-11-28(16-19)24-25-21(26-33-24)15-17-6-4-8-20(14-17)31-2/h4,6,8,14,18-19H,3,5,7,9-13,15-16H2,1-2H3. The average molecular weight is 473 g/mol. The van der Waals surface area contributed by atoms with Crippen LogP contribution in [-0.4, -0.2) is 66.0 Å². The Morgan fingerprint density at radius 2 is 1.97 bits per heavy atom. The van der Waals surface area contributed by atoms with Crippen molar-refractivity contribution in [1.82, 2.24) is 14.3 Å². The van der Waals surface area contributed by atoms with E-state index in [1.54, 1.807) is 7.11 Å². The lowest BCUT2D eigenvalue weighted by molar-refractivity contribution is -0.151. The van der Waals surface area contributed by atoms with Gasteiger partial charge in [-0.05, 0) is 50.3 Å². The van der Waals surface area contributed by atoms with Crippen LogP contribution in [0.3, 0.4) is 0 Å². The van der Waals surface area contributed by atoms with Crippen LogP contribution >= 0.6 is 11.5 Å². The molecule has 2 aromatic rings. The minimum absolute atomic E-state index is 0.0383. The number of likely N-dealkylation sites (tertiary alicyclic amines) is 1. The topological polar surface area (TPSA) is 84.9 Å². The molecule has 2 fully saturated rings. The maximum Gasteiger partial charge on any atom is 0.309 e. The fourth-order valence-electron chi connectivity index (χ4n) is 4.62. The van der Waals surface area contributed by atoms with E-state index in [1.807, 2.05) is 36.1 Å². The highest BCUT2D eigenvalue weighted by Gasteiger charge is 2.34. The van der Waals surface area contributed by atoms with Gasteiger partial charge in [-0.15, -0.1) is 0 Å². The first-order valence-corrected chi connectivity index (χ1v) is 12.5. The molecular weight excluding hydrogens is 440 g/mol. The number of ether oxygens (including phenoxy) is 2. The first-order chi connectivity index (χ1) is 16.1. The Balaban J connectivity index is 1.32. The third-order valence-electron chi connectivity index (χ3n) is 6.42. The number of piperidine rings is 2. The van der Waals surface area contributed by atoms with E-state index < -0.39 is 0 Å². The minimum atomic E-state index is -0.130. The number of carbonyl (C=O) groups excluding carboxylic acids is 2. The van der Waals surface area contributed by atoms with Gasteiger partial charge in [0, 0.05) is 44.1 Å². The van der Waals surface area contributed by atoms with Crippen LogP contribution in [0.5, 0.6) is 5.75 Å². The molecule has 178 valence electrons. The molecule has 2 saturated heterocycles. The molecule has 1 unspecified atom stereocenters. The van der Waals surface area contributed by atoms with Crippen LogP contribution in [0.1, 0.15) is 44.0 Å². The van der Waals surface area contributed by atoms with Crippen LogP contribution in [0, 0.1) is 11.8 Å². The van der Waals surface area contributed by atoms with Crippen molar-refractivity contribution in [2.24, 2.45) is 11.8 Å². The van der Waals surface area contributed by atoms with E-state index in [4.69, 9.17) is 14.5 Å². The summed E-state index contributed by atoms with van der Waals surface area (Å²) in [6, 6.07) is 7.94. The second-order valence-corrected chi connectivity index (χ2v) is 9.39. The maximum atomic E-state index is 13.2. The summed E-state index contributed by atoms with van der Waals surface area (Å²) >= 11 is 1.40. The number of esters is 1. The normalized spacial score (nSPS) is 19.4. The molecule has 8 nitrogen and oxygen atoms in total. The van der Waals surface area contributed by atoms with E-state index in [0.717, 1.165) is 41.7 Å². The molecule has 0 bridgehead atoms. The molecular formula is C24H32N4O4S. The predicted octanol–water partition coefficient (Wildman–Crippen LogP) is 3.16. The smallest absolute Gasteiger partial charge is 0.309 e. The second-order valence-electron chi connectivity index (χ2n) is 8.66. The van der Waals surface area contributed by atoms with Crippen LogP contribution in [0.15, 0.2) is 24.3 Å². The van der Waals surface area contributed by atoms with Crippen molar-refractivity contribution in [3.05, 3.63) is 35.7 Å². The number of rotatable bonds is 7. The largest absolute Gasteiger partial charge is 0.497 e. The summed E-state index contributed by atoms with van der Waals surface area (Å²) in [7, 11) is 1.66. The predicted molar refractivity (Wildman–Crippen MR) is 127 cm³/mol. The number of nitrogens with zero attached hydrogens (tertiary/aromatic N) is 4. The Hall–Kier alpha value is -2.68. The molecule has 1 aromatic heterocycles. The Bertz CT molecular complexity index is 957. The lowest BCUT2D eigenvalue weighted by atomic mass is 9.93. The Morgan fingerprint density at radius 1 is 1.15 bits per heavy atom. The van der Waals surface area contributed by atoms with E-state index in [1.165, 1.54) is 11.5 Å². The fraction of sp³-hybridized carbons (Fsp3) is 0.583. The number of aromatic nitrogens is 2. The number of carbonyl (C=O) groups is 2. The third-order valence-corrected chi connectivity index (χ3v) is 7.24. The summed E-state index contributed by atoms with van der Waals surface area (Å²) in [6.07, 6.45) is 3.87. The van der Waals surface area contributed by atoms with Gasteiger partial charge in [0.15, 0.2) is 0 Å². The fourth-order valence-corrected chi connectivity index (χ4v) is 5.34. The summed E-state index contributed by atoms with van der Waals surface area (Å²) in [5.74, 6) is 1.56. The van der Waals surface area contributed by atoms with Gasteiger partial charge in [0.05, 0.1) is 25.6 Å². The van der Waals surface area contributed by atoms with E-state index in [-0.39, 0.29) is 23.7 Å². The first kappa shape index (κ1) is 23.5. The molecule has 2 aliphatic rings. The monoisotopic (exact) mass is 472 g/mol. The molecule has 4 rings (SSSR count). The van der Waals surface area contributed by atoms with Crippen molar-refractivity contribution in [2.75, 3.05) is 44.8 Å². The summed E-state index contributed by atoms with van der Waals surface area (Å²) in [5, 5.41) is 0.881. The van der Waals surface area contributed by atoms with E-state index in [0.29, 0.717) is 45.5 Å². The Labute approximate surface area is 199 Å². The zero-order chi connectivity index (χ0) is 23.2. The molecule has 0 spiro atoms. The molecule has 1 amide bonds. The van der Waals surface area contributed by atoms with Crippen molar-refractivity contribution in [3.8, 4) is 5.75 Å². The van der Waals surface area contributed by atoms with Gasteiger partial charge < -0.3 is 19.3 Å². The van der Waals surface area contributed by atoms with E-state index >= 15 is 0 Å². The minimum Gasteiger partial charge on any atom is -0.497 e. The highest BCUT2D eigenvalue weighted by atomic mass is 32.1. The number of methoxy groups -OCH3 is 1. The van der Waals surface area contributed by atoms with Gasteiger partial charge in [0.2, 0.25) is 11.0 Å². The summed E-state index contributed by atoms with van der Waals surface area (Å²) in [4.78, 5) is 34.0. The van der Waals surface area contributed by atoms with Gasteiger partial charge in [-0.25, -0.2) is 4.98 Å². The number of hydrogen-bond donors (Lipinski definition) is 0. The lowest BCUT2D eigenvalue weighted by Gasteiger charge is -2.37. The zero-order valence-electron chi connectivity index (χ0n) is 19.4. The van der Waals surface area contributed by atoms with Crippen molar-refractivity contribution in [2.45, 2.75) is 39.0 Å². The number of amides is 1. The first-order valence-electron chi connectivity index (χ1n) is 11.7. The van der Waals surface area contributed by atoms with Gasteiger partial charge >= 0.3 is 5.97 Å². The molecule has 3 heterocycles. The lowest BCUT2D eigenvalue weighted by Crippen LogP contribution is -2.48. The second kappa shape index (κ2) is 11.0. The molecule has 1 atom stereocenters. The number of anilines is 1. The molecule has 0 radical (unpaired) electrons. The molecule has 1 aromatic carbocycles. The van der Waals surface area contributed by atoms with Gasteiger partial charge in [0.1, 0.15) is 11.6 Å². The molecule has 2 aliphatic heterocycles. The van der Waals surface area contributed by atoms with E-state index in [2.05, 4.69) is 9.27 Å². The molecule has 9 heteroatoms. The Morgan fingerprint density at radius 3 is 2.73 bits per heavy atom. The van der Waals surface area contributed by atoms with Crippen molar-refractivity contribution >= 4 is 28.5 Å². The highest BCUT2D eigenvalue weighted by Crippen LogP contribution is 2.28. The molecule has 0 aliphatic carbocycles. The van der Waals surface area contributed by atoms with Crippen LogP contribution in [0.4, 0.5) is 5.13 Å². The quantitative estimate of drug-likeness (QED) is 0.572. The highest BCUT2D eigenvalue weighted by molar-refractivity contribution is 7.09. The number of hydrogen-bond acceptors (Lipinski definition) is 8. The van der Waals surface area contributed by atoms with Crippen molar-refractivity contribution in [3.63, 3.8) is 0 Å². The van der Waals surface area contributed by atoms with Crippen LogP contribution in [-0.2, 0) is 20.7 Å². The van der Waals surface area contributed by atoms with Gasteiger partial charge in [-0.1, -0.05) is 12.1 Å². The maximum absolute atomic E-state index is 13.2. The number of benzene rings is 1. The molecule has 0 saturated carbocycles. The SMILES string of the molecule is CCOC(=O)C1CCN(C(=O)C2CCCN(c3nc(Cc4cccc(OC)c4)ns3)C2)CC1. The Kier molecular flexibility index (Phi) is 7.80. The molecule has 0 N–H and O–H groups in total. The summed E-state index contributed by atoms with van der Waals surface area (Å²) < 4.78 is 15.0. The van der Waals surface area contributed by atoms with Gasteiger partial charge in [0.25, 0.3) is 0 Å². The van der Waals surface area contributed by atoms with Crippen molar-refractivity contribution < 1.29 is 19.1 Å². The third kappa shape index (κ3) is 5.82. The average Bonchev–Trinajstić information content (AvgIpc) is 3.32. The van der Waals surface area contributed by atoms with Crippen LogP contribution < -0.4 is 9.64 Å². The van der Waals surface area contributed by atoms with Gasteiger partial charge in [-0.3, -0.25) is 9.59 Å². The van der Waals surface area contributed by atoms with Crippen molar-refractivity contribution in [1.29, 1.82) is 0 Å². The van der Waals surface area contributed by atoms with Crippen LogP contribution in [0.2, 0.25) is 0 Å². The van der Waals surface area contributed by atoms with E-state index in [9.17, 15) is 9.59 Å². The van der Waals surface area contributed by atoms with Crippen LogP contribution in [0.25, 0.3) is 0 Å². The van der Waals surface area contributed by atoms with Gasteiger partial charge in [-0.2, -0.15) is 4.37 Å². The zero-order valence-corrected chi connectivity index (χ0v) is 20.2.